The lowest BCUT2D eigenvalue weighted by molar-refractivity contribution is 0.0955. The van der Waals surface area contributed by atoms with Crippen LogP contribution < -0.4 is 10.2 Å². The highest BCUT2D eigenvalue weighted by atomic mass is 35.5. The molecule has 0 aliphatic carbocycles. The number of halogens is 1. The smallest absolute Gasteiger partial charge is 0.271 e. The number of H-pyrrole nitrogens is 2. The van der Waals surface area contributed by atoms with Crippen molar-refractivity contribution in [3.8, 4) is 5.75 Å². The van der Waals surface area contributed by atoms with Gasteiger partial charge in [0.05, 0.1) is 28.9 Å². The molecule has 3 rings (SSSR count). The number of benzene rings is 2. The van der Waals surface area contributed by atoms with E-state index in [4.69, 9.17) is 28.6 Å². The van der Waals surface area contributed by atoms with Crippen molar-refractivity contribution < 1.29 is 9.53 Å². The number of nitrogens with one attached hydrogen (secondary N) is 3. The van der Waals surface area contributed by atoms with Crippen molar-refractivity contribution in [2.24, 2.45) is 5.10 Å². The van der Waals surface area contributed by atoms with Gasteiger partial charge in [0, 0.05) is 5.56 Å². The number of hydrogen-bond donors (Lipinski definition) is 3. The van der Waals surface area contributed by atoms with E-state index in [2.05, 4.69) is 20.5 Å². The Morgan fingerprint density at radius 1 is 1.27 bits per heavy atom. The molecule has 0 fully saturated rings. The highest BCUT2D eigenvalue weighted by molar-refractivity contribution is 7.71. The molecule has 0 aliphatic rings. The first-order valence-electron chi connectivity index (χ1n) is 8.04. The normalized spacial score (nSPS) is 11.2. The Hall–Kier alpha value is -2.64. The topological polar surface area (TPSA) is 82.3 Å². The number of ether oxygens (including phenoxy) is 1. The average Bonchev–Trinajstić information content (AvgIpc) is 3.00. The third kappa shape index (κ3) is 4.30. The van der Waals surface area contributed by atoms with Gasteiger partial charge in [0.2, 0.25) is 0 Å². The Kier molecular flexibility index (Phi) is 5.70. The maximum atomic E-state index is 12.2. The fraction of sp³-hybridized carbons (Fsp3) is 0.167. The lowest BCUT2D eigenvalue weighted by Gasteiger charge is -2.06. The van der Waals surface area contributed by atoms with Crippen LogP contribution in [0, 0.1) is 4.77 Å². The molecule has 8 heteroatoms. The minimum Gasteiger partial charge on any atom is -0.492 e. The Labute approximate surface area is 160 Å². The van der Waals surface area contributed by atoms with Gasteiger partial charge in [-0.05, 0) is 60.6 Å². The van der Waals surface area contributed by atoms with E-state index in [1.165, 1.54) is 6.21 Å². The Bertz CT molecular complexity index is 1030. The number of imidazole rings is 1. The second kappa shape index (κ2) is 8.16. The van der Waals surface area contributed by atoms with Crippen molar-refractivity contribution in [2.75, 3.05) is 6.61 Å². The third-order valence-corrected chi connectivity index (χ3v) is 4.07. The van der Waals surface area contributed by atoms with Gasteiger partial charge in [0.1, 0.15) is 5.75 Å². The van der Waals surface area contributed by atoms with Gasteiger partial charge in [-0.2, -0.15) is 5.10 Å². The maximum absolute atomic E-state index is 12.2. The number of aromatic amines is 2. The summed E-state index contributed by atoms with van der Waals surface area (Å²) in [6.45, 7) is 2.64. The van der Waals surface area contributed by atoms with Crippen LogP contribution in [0.25, 0.3) is 11.0 Å². The molecule has 3 aromatic rings. The van der Waals surface area contributed by atoms with Crippen LogP contribution in [0.1, 0.15) is 29.3 Å². The zero-order valence-corrected chi connectivity index (χ0v) is 15.6. The summed E-state index contributed by atoms with van der Waals surface area (Å²) in [6.07, 6.45) is 2.43. The van der Waals surface area contributed by atoms with Gasteiger partial charge in [-0.3, -0.25) is 4.79 Å². The minimum atomic E-state index is -0.322. The summed E-state index contributed by atoms with van der Waals surface area (Å²) in [5, 5.41) is 4.48. The summed E-state index contributed by atoms with van der Waals surface area (Å²) in [5.41, 5.74) is 5.33. The Balaban J connectivity index is 1.66. The van der Waals surface area contributed by atoms with Gasteiger partial charge in [0.25, 0.3) is 5.91 Å². The summed E-state index contributed by atoms with van der Waals surface area (Å²) in [6, 6.07) is 10.5. The van der Waals surface area contributed by atoms with Crippen molar-refractivity contribution in [1.82, 2.24) is 15.4 Å². The summed E-state index contributed by atoms with van der Waals surface area (Å²) in [4.78, 5) is 18.2. The van der Waals surface area contributed by atoms with E-state index in [0.717, 1.165) is 23.0 Å². The van der Waals surface area contributed by atoms with Crippen LogP contribution in [-0.2, 0) is 0 Å². The van der Waals surface area contributed by atoms with Gasteiger partial charge in [-0.25, -0.2) is 5.43 Å². The number of carbonyl (C=O) groups excluding carboxylic acids is 1. The number of aromatic nitrogens is 2. The van der Waals surface area contributed by atoms with E-state index in [-0.39, 0.29) is 5.91 Å². The monoisotopic (exact) mass is 388 g/mol. The van der Waals surface area contributed by atoms with Crippen LogP contribution in [0.3, 0.4) is 0 Å². The fourth-order valence-corrected chi connectivity index (χ4v) is 2.79. The van der Waals surface area contributed by atoms with Crippen LogP contribution >= 0.6 is 23.8 Å². The van der Waals surface area contributed by atoms with Gasteiger partial charge in [-0.1, -0.05) is 18.5 Å². The molecule has 0 atom stereocenters. The fourth-order valence-electron chi connectivity index (χ4n) is 2.33. The molecule has 0 unspecified atom stereocenters. The molecule has 1 amide bonds. The number of nitrogens with zero attached hydrogens (tertiary/aromatic N) is 1. The van der Waals surface area contributed by atoms with Crippen LogP contribution in [0.4, 0.5) is 0 Å². The van der Waals surface area contributed by atoms with Gasteiger partial charge >= 0.3 is 0 Å². The van der Waals surface area contributed by atoms with Crippen molar-refractivity contribution >= 4 is 47.0 Å². The molecular weight excluding hydrogens is 372 g/mol. The first-order valence-corrected chi connectivity index (χ1v) is 8.83. The number of rotatable bonds is 6. The van der Waals surface area contributed by atoms with E-state index in [1.807, 2.05) is 13.0 Å². The highest BCUT2D eigenvalue weighted by Crippen LogP contribution is 2.25. The van der Waals surface area contributed by atoms with E-state index < -0.39 is 0 Å². The number of hydrogen-bond acceptors (Lipinski definition) is 4. The molecule has 3 N–H and O–H groups in total. The molecular formula is C18H17ClN4O2S. The second-order valence-corrected chi connectivity index (χ2v) is 6.39. The molecule has 0 spiro atoms. The first kappa shape index (κ1) is 18.2. The minimum absolute atomic E-state index is 0.322. The van der Waals surface area contributed by atoms with Crippen LogP contribution in [-0.4, -0.2) is 28.7 Å². The average molecular weight is 389 g/mol. The zero-order chi connectivity index (χ0) is 18.5. The SMILES string of the molecule is CCCOc1ccc(/C=N\NC(=O)c2ccc3[nH]c(=S)[nH]c3c2)cc1Cl. The summed E-state index contributed by atoms with van der Waals surface area (Å²) >= 11 is 11.2. The summed E-state index contributed by atoms with van der Waals surface area (Å²) in [5.74, 6) is 0.310. The molecule has 1 aromatic heterocycles. The van der Waals surface area contributed by atoms with E-state index in [0.29, 0.717) is 27.7 Å². The standard InChI is InChI=1S/C18H17ClN4O2S/c1-2-7-25-16-6-3-11(8-13(16)19)10-20-23-17(24)12-4-5-14-15(9-12)22-18(26)21-14/h3-6,8-10H,2,7H2,1H3,(H,23,24)(H2,21,22,26)/b20-10-. The predicted molar refractivity (Wildman–Crippen MR) is 106 cm³/mol. The Morgan fingerprint density at radius 2 is 2.08 bits per heavy atom. The summed E-state index contributed by atoms with van der Waals surface area (Å²) < 4.78 is 6.03. The molecule has 0 aliphatic heterocycles. The van der Waals surface area contributed by atoms with Crippen molar-refractivity contribution in [1.29, 1.82) is 0 Å². The number of fused-ring (bicyclic) bond motifs is 1. The quantitative estimate of drug-likeness (QED) is 0.332. The number of carbonyl (C=O) groups is 1. The maximum Gasteiger partial charge on any atom is 0.271 e. The van der Waals surface area contributed by atoms with E-state index >= 15 is 0 Å². The van der Waals surface area contributed by atoms with Gasteiger partial charge < -0.3 is 14.7 Å². The van der Waals surface area contributed by atoms with Crippen LogP contribution in [0.2, 0.25) is 5.02 Å². The highest BCUT2D eigenvalue weighted by Gasteiger charge is 2.06. The van der Waals surface area contributed by atoms with Crippen molar-refractivity contribution in [2.45, 2.75) is 13.3 Å². The van der Waals surface area contributed by atoms with Crippen LogP contribution in [0.5, 0.6) is 5.75 Å². The second-order valence-electron chi connectivity index (χ2n) is 5.58. The van der Waals surface area contributed by atoms with E-state index in [9.17, 15) is 4.79 Å². The number of amides is 1. The molecule has 6 nitrogen and oxygen atoms in total. The molecule has 0 saturated carbocycles. The van der Waals surface area contributed by atoms with E-state index in [1.54, 1.807) is 30.3 Å². The molecule has 0 bridgehead atoms. The lowest BCUT2D eigenvalue weighted by Crippen LogP contribution is -2.17. The zero-order valence-electron chi connectivity index (χ0n) is 14.0. The van der Waals surface area contributed by atoms with Gasteiger partial charge in [-0.15, -0.1) is 0 Å². The van der Waals surface area contributed by atoms with Crippen molar-refractivity contribution in [3.63, 3.8) is 0 Å². The molecule has 26 heavy (non-hydrogen) atoms. The van der Waals surface area contributed by atoms with Crippen LogP contribution in [0.15, 0.2) is 41.5 Å². The molecule has 134 valence electrons. The Morgan fingerprint density at radius 3 is 2.85 bits per heavy atom. The molecule has 2 aromatic carbocycles. The van der Waals surface area contributed by atoms with Crippen molar-refractivity contribution in [3.05, 3.63) is 57.3 Å². The number of hydrazone groups is 1. The predicted octanol–water partition coefficient (Wildman–Crippen LogP) is 4.43. The molecule has 0 saturated heterocycles. The summed E-state index contributed by atoms with van der Waals surface area (Å²) in [7, 11) is 0. The van der Waals surface area contributed by atoms with Gasteiger partial charge in [0.15, 0.2) is 4.77 Å². The first-order chi connectivity index (χ1) is 12.6. The largest absolute Gasteiger partial charge is 0.492 e. The molecule has 0 radical (unpaired) electrons. The lowest BCUT2D eigenvalue weighted by atomic mass is 10.2. The third-order valence-electron chi connectivity index (χ3n) is 3.58. The molecule has 1 heterocycles.